The molecule has 96 valence electrons. The van der Waals surface area contributed by atoms with Gasteiger partial charge in [0.2, 0.25) is 5.95 Å². The molecule has 0 fully saturated rings. The average molecular weight is 246 g/mol. The van der Waals surface area contributed by atoms with Gasteiger partial charge < -0.3 is 4.90 Å². The van der Waals surface area contributed by atoms with Crippen molar-refractivity contribution in [2.75, 3.05) is 18.5 Å². The molecule has 0 atom stereocenters. The number of fused-ring (bicyclic) bond motifs is 1. The van der Waals surface area contributed by atoms with Gasteiger partial charge in [0.05, 0.1) is 0 Å². The molecular weight excluding hydrogens is 228 g/mol. The van der Waals surface area contributed by atoms with Gasteiger partial charge >= 0.3 is 5.69 Å². The molecule has 0 spiro atoms. The molecule has 0 aliphatic rings. The minimum absolute atomic E-state index is 0.264. The second-order valence-corrected chi connectivity index (χ2v) is 4.58. The van der Waals surface area contributed by atoms with Crippen LogP contribution in [0, 0.1) is 20.8 Å². The molecule has 0 N–H and O–H groups in total. The van der Waals surface area contributed by atoms with Gasteiger partial charge in [-0.3, -0.25) is 0 Å². The third kappa shape index (κ3) is 1.85. The summed E-state index contributed by atoms with van der Waals surface area (Å²) in [5.41, 5.74) is 3.38. The van der Waals surface area contributed by atoms with E-state index in [4.69, 9.17) is 0 Å². The van der Waals surface area contributed by atoms with Crippen LogP contribution in [0.2, 0.25) is 0 Å². The highest BCUT2D eigenvalue weighted by Crippen LogP contribution is 2.14. The molecule has 0 aromatic carbocycles. The summed E-state index contributed by atoms with van der Waals surface area (Å²) < 4.78 is 1.58. The number of aryl methyl sites for hydroxylation is 3. The Morgan fingerprint density at radius 1 is 1.22 bits per heavy atom. The second kappa shape index (κ2) is 4.40. The van der Waals surface area contributed by atoms with Gasteiger partial charge in [-0.25, -0.2) is 9.20 Å². The van der Waals surface area contributed by atoms with E-state index < -0.39 is 0 Å². The van der Waals surface area contributed by atoms with Crippen LogP contribution in [0.25, 0.3) is 5.65 Å². The minimum Gasteiger partial charge on any atom is -0.344 e. The maximum absolute atomic E-state index is 12.1. The van der Waals surface area contributed by atoms with E-state index in [9.17, 15) is 4.79 Å². The first-order valence-corrected chi connectivity index (χ1v) is 6.04. The van der Waals surface area contributed by atoms with Gasteiger partial charge in [0.15, 0.2) is 0 Å². The van der Waals surface area contributed by atoms with Gasteiger partial charge in [0.25, 0.3) is 0 Å². The molecule has 0 unspecified atom stereocenters. The van der Waals surface area contributed by atoms with E-state index in [1.807, 2.05) is 45.7 Å². The minimum atomic E-state index is -0.264. The van der Waals surface area contributed by atoms with E-state index in [0.29, 0.717) is 11.6 Å². The molecule has 5 nitrogen and oxygen atoms in total. The Morgan fingerprint density at radius 2 is 1.89 bits per heavy atom. The zero-order valence-electron chi connectivity index (χ0n) is 11.5. The highest BCUT2D eigenvalue weighted by molar-refractivity contribution is 5.52. The Kier molecular flexibility index (Phi) is 3.07. The van der Waals surface area contributed by atoms with Crippen molar-refractivity contribution >= 4 is 11.6 Å². The van der Waals surface area contributed by atoms with E-state index in [1.165, 1.54) is 0 Å². The summed E-state index contributed by atoms with van der Waals surface area (Å²) >= 11 is 0. The molecule has 0 bridgehead atoms. The van der Waals surface area contributed by atoms with Gasteiger partial charge in [-0.15, -0.1) is 0 Å². The summed E-state index contributed by atoms with van der Waals surface area (Å²) in [7, 11) is 1.88. The maximum atomic E-state index is 12.1. The highest BCUT2D eigenvalue weighted by Gasteiger charge is 2.11. The topological polar surface area (TPSA) is 50.5 Å². The van der Waals surface area contributed by atoms with Crippen molar-refractivity contribution in [3.05, 3.63) is 33.4 Å². The van der Waals surface area contributed by atoms with Gasteiger partial charge in [0.1, 0.15) is 5.65 Å². The Labute approximate surface area is 106 Å². The fraction of sp³-hybridized carbons (Fsp3) is 0.462. The normalized spacial score (nSPS) is 10.9. The molecule has 2 aromatic heterocycles. The van der Waals surface area contributed by atoms with Crippen LogP contribution in [0.4, 0.5) is 5.95 Å². The van der Waals surface area contributed by atoms with Crippen LogP contribution < -0.4 is 10.6 Å². The zero-order valence-corrected chi connectivity index (χ0v) is 11.5. The largest absolute Gasteiger partial charge is 0.356 e. The van der Waals surface area contributed by atoms with Crippen LogP contribution in [-0.2, 0) is 0 Å². The van der Waals surface area contributed by atoms with Crippen molar-refractivity contribution < 1.29 is 0 Å². The van der Waals surface area contributed by atoms with Crippen molar-refractivity contribution in [3.8, 4) is 0 Å². The molecule has 0 aliphatic heterocycles. The number of rotatable bonds is 2. The number of nitrogens with zero attached hydrogens (tertiary/aromatic N) is 4. The summed E-state index contributed by atoms with van der Waals surface area (Å²) in [6.45, 7) is 8.62. The first kappa shape index (κ1) is 12.5. The standard InChI is InChI=1S/C13H18N4O/c1-6-16(5)12-14-11-9(3)7-8(2)10(4)17(11)13(18)15-12/h7H,6H2,1-5H3. The van der Waals surface area contributed by atoms with Crippen LogP contribution in [0.5, 0.6) is 0 Å². The zero-order chi connectivity index (χ0) is 13.4. The summed E-state index contributed by atoms with van der Waals surface area (Å²) in [4.78, 5) is 22.5. The number of hydrogen-bond acceptors (Lipinski definition) is 4. The number of pyridine rings is 1. The van der Waals surface area contributed by atoms with Crippen LogP contribution in [0.1, 0.15) is 23.7 Å². The quantitative estimate of drug-likeness (QED) is 0.805. The van der Waals surface area contributed by atoms with E-state index in [-0.39, 0.29) is 5.69 Å². The van der Waals surface area contributed by atoms with Crippen molar-refractivity contribution in [2.45, 2.75) is 27.7 Å². The van der Waals surface area contributed by atoms with Gasteiger partial charge in [0, 0.05) is 19.3 Å². The van der Waals surface area contributed by atoms with E-state index in [0.717, 1.165) is 23.4 Å². The Bertz CT molecular complexity index is 660. The molecule has 0 saturated carbocycles. The van der Waals surface area contributed by atoms with Crippen molar-refractivity contribution in [1.29, 1.82) is 0 Å². The fourth-order valence-corrected chi connectivity index (χ4v) is 1.94. The summed E-state index contributed by atoms with van der Waals surface area (Å²) in [5.74, 6) is 0.480. The number of aromatic nitrogens is 3. The van der Waals surface area contributed by atoms with Gasteiger partial charge in [-0.1, -0.05) is 6.07 Å². The maximum Gasteiger partial charge on any atom is 0.356 e. The summed E-state index contributed by atoms with van der Waals surface area (Å²) in [6, 6.07) is 2.05. The van der Waals surface area contributed by atoms with Crippen molar-refractivity contribution in [2.24, 2.45) is 0 Å². The highest BCUT2D eigenvalue weighted by atomic mass is 16.1. The van der Waals surface area contributed by atoms with E-state index >= 15 is 0 Å². The lowest BCUT2D eigenvalue weighted by Gasteiger charge is -2.16. The molecule has 5 heteroatoms. The first-order chi connectivity index (χ1) is 8.45. The third-order valence-corrected chi connectivity index (χ3v) is 3.31. The second-order valence-electron chi connectivity index (χ2n) is 4.58. The predicted molar refractivity (Wildman–Crippen MR) is 72.4 cm³/mol. The first-order valence-electron chi connectivity index (χ1n) is 6.04. The average Bonchev–Trinajstić information content (AvgIpc) is 2.34. The lowest BCUT2D eigenvalue weighted by atomic mass is 10.1. The molecule has 0 aliphatic carbocycles. The third-order valence-electron chi connectivity index (χ3n) is 3.31. The molecule has 18 heavy (non-hydrogen) atoms. The Morgan fingerprint density at radius 3 is 2.50 bits per heavy atom. The lowest BCUT2D eigenvalue weighted by molar-refractivity contribution is 0.838. The van der Waals surface area contributed by atoms with Crippen molar-refractivity contribution in [3.63, 3.8) is 0 Å². The van der Waals surface area contributed by atoms with Crippen LogP contribution >= 0.6 is 0 Å². The number of anilines is 1. The predicted octanol–water partition coefficient (Wildman–Crippen LogP) is 1.47. The smallest absolute Gasteiger partial charge is 0.344 e. The van der Waals surface area contributed by atoms with Crippen LogP contribution in [0.15, 0.2) is 10.9 Å². The molecule has 0 amide bonds. The molecule has 0 radical (unpaired) electrons. The van der Waals surface area contributed by atoms with Gasteiger partial charge in [-0.2, -0.15) is 9.97 Å². The SMILES string of the molecule is CCN(C)c1nc(=O)n2c(C)c(C)cc(C)c2n1. The van der Waals surface area contributed by atoms with Crippen molar-refractivity contribution in [1.82, 2.24) is 14.4 Å². The Balaban J connectivity index is 2.86. The van der Waals surface area contributed by atoms with Gasteiger partial charge in [-0.05, 0) is 38.8 Å². The molecule has 2 aromatic rings. The van der Waals surface area contributed by atoms with E-state index in [1.54, 1.807) is 4.40 Å². The molecule has 2 heterocycles. The summed E-state index contributed by atoms with van der Waals surface area (Å²) in [6.07, 6.45) is 0. The Hall–Kier alpha value is -1.91. The number of hydrogen-bond donors (Lipinski definition) is 0. The summed E-state index contributed by atoms with van der Waals surface area (Å²) in [5, 5.41) is 0. The van der Waals surface area contributed by atoms with E-state index in [2.05, 4.69) is 9.97 Å². The lowest BCUT2D eigenvalue weighted by Crippen LogP contribution is -2.28. The molecule has 2 rings (SSSR count). The fourth-order valence-electron chi connectivity index (χ4n) is 1.94. The van der Waals surface area contributed by atoms with Crippen LogP contribution in [0.3, 0.4) is 0 Å². The van der Waals surface area contributed by atoms with Crippen LogP contribution in [-0.4, -0.2) is 28.0 Å². The molecule has 0 saturated heterocycles. The monoisotopic (exact) mass is 246 g/mol. The molecular formula is C13H18N4O.